The summed E-state index contributed by atoms with van der Waals surface area (Å²) in [5.74, 6) is 1.20. The molecule has 0 aromatic heterocycles. The van der Waals surface area contributed by atoms with Gasteiger partial charge < -0.3 is 15.1 Å². The van der Waals surface area contributed by atoms with E-state index in [1.165, 1.54) is 32.1 Å². The van der Waals surface area contributed by atoms with Crippen molar-refractivity contribution in [2.24, 2.45) is 5.92 Å². The van der Waals surface area contributed by atoms with Gasteiger partial charge >= 0.3 is 0 Å². The van der Waals surface area contributed by atoms with Gasteiger partial charge in [-0.25, -0.2) is 0 Å². The van der Waals surface area contributed by atoms with Crippen LogP contribution in [0.4, 0.5) is 0 Å². The van der Waals surface area contributed by atoms with Gasteiger partial charge in [-0.05, 0) is 51.6 Å². The Morgan fingerprint density at radius 3 is 2.70 bits per heavy atom. The van der Waals surface area contributed by atoms with Gasteiger partial charge in [0, 0.05) is 25.7 Å². The van der Waals surface area contributed by atoms with E-state index in [1.807, 2.05) is 0 Å². The first-order chi connectivity index (χ1) is 9.74. The van der Waals surface area contributed by atoms with E-state index in [-0.39, 0.29) is 6.04 Å². The smallest absolute Gasteiger partial charge is 0.239 e. The zero-order valence-electron chi connectivity index (χ0n) is 12.8. The van der Waals surface area contributed by atoms with Crippen LogP contribution in [0.15, 0.2) is 0 Å². The maximum Gasteiger partial charge on any atom is 0.239 e. The van der Waals surface area contributed by atoms with Crippen molar-refractivity contribution in [1.82, 2.24) is 15.1 Å². The Kier molecular flexibility index (Phi) is 4.61. The second-order valence-electron chi connectivity index (χ2n) is 6.93. The van der Waals surface area contributed by atoms with Crippen LogP contribution in [0, 0.1) is 5.92 Å². The fourth-order valence-electron chi connectivity index (χ4n) is 4.18. The minimum atomic E-state index is 0.0951. The van der Waals surface area contributed by atoms with Crippen molar-refractivity contribution in [3.8, 4) is 0 Å². The predicted octanol–water partition coefficient (Wildman–Crippen LogP) is 1.46. The van der Waals surface area contributed by atoms with Crippen LogP contribution in [0.25, 0.3) is 0 Å². The van der Waals surface area contributed by atoms with Crippen molar-refractivity contribution < 1.29 is 4.79 Å². The van der Waals surface area contributed by atoms with E-state index in [9.17, 15) is 4.79 Å². The van der Waals surface area contributed by atoms with Gasteiger partial charge in [-0.15, -0.1) is 0 Å². The van der Waals surface area contributed by atoms with Crippen LogP contribution >= 0.6 is 0 Å². The first kappa shape index (κ1) is 14.3. The van der Waals surface area contributed by atoms with E-state index in [2.05, 4.69) is 22.2 Å². The molecule has 0 aromatic rings. The molecule has 2 aliphatic heterocycles. The Balaban J connectivity index is 1.56. The second-order valence-corrected chi connectivity index (χ2v) is 6.93. The van der Waals surface area contributed by atoms with Gasteiger partial charge in [0.25, 0.3) is 0 Å². The van der Waals surface area contributed by atoms with Crippen LogP contribution in [-0.4, -0.2) is 61.0 Å². The number of nitrogens with one attached hydrogen (secondary N) is 1. The summed E-state index contributed by atoms with van der Waals surface area (Å²) in [7, 11) is 2.15. The monoisotopic (exact) mass is 279 g/mol. The van der Waals surface area contributed by atoms with Gasteiger partial charge in [0.1, 0.15) is 0 Å². The van der Waals surface area contributed by atoms with Crippen LogP contribution in [0.2, 0.25) is 0 Å². The highest BCUT2D eigenvalue weighted by atomic mass is 16.2. The summed E-state index contributed by atoms with van der Waals surface area (Å²) in [4.78, 5) is 17.2. The molecule has 2 saturated heterocycles. The van der Waals surface area contributed by atoms with Crippen molar-refractivity contribution in [3.05, 3.63) is 0 Å². The standard InChI is InChI=1S/C16H29N3O/c1-18-9-4-10-19(12-11-18)16(20)15-8-7-13-5-2-3-6-14(13)17-15/h13-15,17H,2-12H2,1H3. The second kappa shape index (κ2) is 6.44. The molecule has 0 radical (unpaired) electrons. The lowest BCUT2D eigenvalue weighted by atomic mass is 9.77. The quantitative estimate of drug-likeness (QED) is 0.789. The molecule has 20 heavy (non-hydrogen) atoms. The zero-order chi connectivity index (χ0) is 13.9. The van der Waals surface area contributed by atoms with Crippen molar-refractivity contribution in [1.29, 1.82) is 0 Å². The number of rotatable bonds is 1. The number of carbonyl (C=O) groups is 1. The van der Waals surface area contributed by atoms with Crippen LogP contribution < -0.4 is 5.32 Å². The maximum absolute atomic E-state index is 12.7. The normalized spacial score (nSPS) is 36.2. The van der Waals surface area contributed by atoms with E-state index in [4.69, 9.17) is 0 Å². The van der Waals surface area contributed by atoms with Crippen LogP contribution in [0.5, 0.6) is 0 Å². The van der Waals surface area contributed by atoms with Gasteiger partial charge in [-0.2, -0.15) is 0 Å². The molecule has 0 bridgehead atoms. The molecule has 3 aliphatic rings. The lowest BCUT2D eigenvalue weighted by molar-refractivity contribution is -0.134. The third kappa shape index (κ3) is 3.17. The maximum atomic E-state index is 12.7. The Bertz CT molecular complexity index is 347. The van der Waals surface area contributed by atoms with Gasteiger partial charge in [0.2, 0.25) is 5.91 Å². The SMILES string of the molecule is CN1CCCN(C(=O)C2CCC3CCCCC3N2)CC1. The number of fused-ring (bicyclic) bond motifs is 1. The van der Waals surface area contributed by atoms with Gasteiger partial charge in [-0.3, -0.25) is 4.79 Å². The summed E-state index contributed by atoms with van der Waals surface area (Å²) in [6, 6.07) is 0.707. The Morgan fingerprint density at radius 2 is 1.80 bits per heavy atom. The van der Waals surface area contributed by atoms with E-state index in [0.29, 0.717) is 11.9 Å². The molecule has 1 amide bonds. The van der Waals surface area contributed by atoms with E-state index < -0.39 is 0 Å². The predicted molar refractivity (Wildman–Crippen MR) is 80.6 cm³/mol. The van der Waals surface area contributed by atoms with E-state index in [1.54, 1.807) is 0 Å². The largest absolute Gasteiger partial charge is 0.340 e. The van der Waals surface area contributed by atoms with E-state index >= 15 is 0 Å². The Morgan fingerprint density at radius 1 is 0.950 bits per heavy atom. The fourth-order valence-corrected chi connectivity index (χ4v) is 4.18. The molecule has 1 N–H and O–H groups in total. The summed E-state index contributed by atoms with van der Waals surface area (Å²) in [5.41, 5.74) is 0. The number of likely N-dealkylation sites (N-methyl/N-ethyl adjacent to an activating group) is 1. The number of piperidine rings is 1. The number of carbonyl (C=O) groups excluding carboxylic acids is 1. The molecule has 3 rings (SSSR count). The molecular weight excluding hydrogens is 250 g/mol. The van der Waals surface area contributed by atoms with Crippen molar-refractivity contribution in [3.63, 3.8) is 0 Å². The zero-order valence-corrected chi connectivity index (χ0v) is 12.8. The van der Waals surface area contributed by atoms with Crippen LogP contribution in [0.1, 0.15) is 44.9 Å². The van der Waals surface area contributed by atoms with Crippen molar-refractivity contribution in [2.45, 2.75) is 57.0 Å². The molecule has 3 unspecified atom stereocenters. The number of hydrogen-bond acceptors (Lipinski definition) is 3. The van der Waals surface area contributed by atoms with Gasteiger partial charge in [0.05, 0.1) is 6.04 Å². The molecule has 4 nitrogen and oxygen atoms in total. The molecule has 4 heteroatoms. The van der Waals surface area contributed by atoms with E-state index in [0.717, 1.165) is 44.9 Å². The summed E-state index contributed by atoms with van der Waals surface area (Å²) < 4.78 is 0. The van der Waals surface area contributed by atoms with Gasteiger partial charge in [0.15, 0.2) is 0 Å². The van der Waals surface area contributed by atoms with Gasteiger partial charge in [-0.1, -0.05) is 12.8 Å². The molecule has 0 spiro atoms. The summed E-state index contributed by atoms with van der Waals surface area (Å²) >= 11 is 0. The molecular formula is C16H29N3O. The summed E-state index contributed by atoms with van der Waals surface area (Å²) in [6.45, 7) is 3.98. The number of amides is 1. The minimum Gasteiger partial charge on any atom is -0.340 e. The lowest BCUT2D eigenvalue weighted by Crippen LogP contribution is -2.56. The van der Waals surface area contributed by atoms with Crippen molar-refractivity contribution in [2.75, 3.05) is 33.2 Å². The molecule has 0 aromatic carbocycles. The molecule has 1 saturated carbocycles. The Labute approximate surface area is 122 Å². The molecule has 2 heterocycles. The molecule has 3 fully saturated rings. The molecule has 114 valence electrons. The number of hydrogen-bond donors (Lipinski definition) is 1. The highest BCUT2D eigenvalue weighted by Crippen LogP contribution is 2.32. The summed E-state index contributed by atoms with van der Waals surface area (Å²) in [6.07, 6.45) is 8.78. The minimum absolute atomic E-state index is 0.0951. The average molecular weight is 279 g/mol. The lowest BCUT2D eigenvalue weighted by Gasteiger charge is -2.41. The average Bonchev–Trinajstić information content (AvgIpc) is 2.71. The molecule has 3 atom stereocenters. The van der Waals surface area contributed by atoms with Crippen LogP contribution in [0.3, 0.4) is 0 Å². The van der Waals surface area contributed by atoms with Crippen molar-refractivity contribution >= 4 is 5.91 Å². The third-order valence-electron chi connectivity index (χ3n) is 5.48. The van der Waals surface area contributed by atoms with Crippen LogP contribution in [-0.2, 0) is 4.79 Å². The topological polar surface area (TPSA) is 35.6 Å². The number of nitrogens with zero attached hydrogens (tertiary/aromatic N) is 2. The highest BCUT2D eigenvalue weighted by molar-refractivity contribution is 5.82. The third-order valence-corrected chi connectivity index (χ3v) is 5.48. The first-order valence-electron chi connectivity index (χ1n) is 8.47. The Hall–Kier alpha value is -0.610. The fraction of sp³-hybridized carbons (Fsp3) is 0.938. The first-order valence-corrected chi connectivity index (χ1v) is 8.47. The summed E-state index contributed by atoms with van der Waals surface area (Å²) in [5, 5.41) is 3.68. The molecule has 1 aliphatic carbocycles. The highest BCUT2D eigenvalue weighted by Gasteiger charge is 2.36.